The summed E-state index contributed by atoms with van der Waals surface area (Å²) in [5, 5.41) is 13.4. The first-order chi connectivity index (χ1) is 9.83. The van der Waals surface area contributed by atoms with Gasteiger partial charge in [0.2, 0.25) is 0 Å². The second-order valence-corrected chi connectivity index (χ2v) is 6.11. The van der Waals surface area contributed by atoms with E-state index in [1.807, 2.05) is 0 Å². The summed E-state index contributed by atoms with van der Waals surface area (Å²) in [4.78, 5) is 0. The molecule has 3 rings (SSSR count). The van der Waals surface area contributed by atoms with Gasteiger partial charge in [-0.3, -0.25) is 0 Å². The van der Waals surface area contributed by atoms with Crippen molar-refractivity contribution in [3.8, 4) is 5.75 Å². The van der Waals surface area contributed by atoms with Gasteiger partial charge in [-0.15, -0.1) is 0 Å². The molecule has 2 N–H and O–H groups in total. The Balaban J connectivity index is 1.41. The fourth-order valence-corrected chi connectivity index (χ4v) is 3.34. The van der Waals surface area contributed by atoms with Crippen LogP contribution in [-0.2, 0) is 12.8 Å². The first-order valence-electron chi connectivity index (χ1n) is 7.96. The van der Waals surface area contributed by atoms with Crippen molar-refractivity contribution in [3.63, 3.8) is 0 Å². The van der Waals surface area contributed by atoms with E-state index in [9.17, 15) is 5.11 Å². The SMILES string of the molecule is OC1CCCCC1CNCCc1ccc2c(c1)CCO2. The minimum atomic E-state index is -0.0895. The summed E-state index contributed by atoms with van der Waals surface area (Å²) in [7, 11) is 0. The lowest BCUT2D eigenvalue weighted by Gasteiger charge is -2.27. The predicted octanol–water partition coefficient (Wildman–Crippen LogP) is 2.30. The van der Waals surface area contributed by atoms with E-state index in [1.54, 1.807) is 0 Å². The molecule has 0 bridgehead atoms. The lowest BCUT2D eigenvalue weighted by molar-refractivity contribution is 0.0698. The van der Waals surface area contributed by atoms with Crippen molar-refractivity contribution in [2.24, 2.45) is 5.92 Å². The Bertz CT molecular complexity index is 447. The number of rotatable bonds is 5. The molecule has 1 fully saturated rings. The molecule has 2 atom stereocenters. The van der Waals surface area contributed by atoms with E-state index in [2.05, 4.69) is 23.5 Å². The van der Waals surface area contributed by atoms with Gasteiger partial charge in [0.1, 0.15) is 5.75 Å². The number of hydrogen-bond acceptors (Lipinski definition) is 3. The van der Waals surface area contributed by atoms with Crippen LogP contribution in [0.3, 0.4) is 0 Å². The molecule has 1 aliphatic carbocycles. The van der Waals surface area contributed by atoms with Crippen molar-refractivity contribution < 1.29 is 9.84 Å². The Kier molecular flexibility index (Phi) is 4.58. The zero-order chi connectivity index (χ0) is 13.8. The van der Waals surface area contributed by atoms with E-state index in [0.29, 0.717) is 5.92 Å². The monoisotopic (exact) mass is 275 g/mol. The van der Waals surface area contributed by atoms with Crippen LogP contribution in [-0.4, -0.2) is 30.9 Å². The van der Waals surface area contributed by atoms with E-state index in [1.165, 1.54) is 30.4 Å². The standard InChI is InChI=1S/C17H25NO2/c19-16-4-2-1-3-15(16)12-18-9-7-13-5-6-17-14(11-13)8-10-20-17/h5-6,11,15-16,18-19H,1-4,7-10,12H2. The van der Waals surface area contributed by atoms with Crippen LogP contribution in [0.5, 0.6) is 5.75 Å². The van der Waals surface area contributed by atoms with Gasteiger partial charge >= 0.3 is 0 Å². The van der Waals surface area contributed by atoms with Crippen molar-refractivity contribution in [2.75, 3.05) is 19.7 Å². The fourth-order valence-electron chi connectivity index (χ4n) is 3.34. The topological polar surface area (TPSA) is 41.5 Å². The molecule has 1 aromatic carbocycles. The molecule has 0 aromatic heterocycles. The molecule has 2 unspecified atom stereocenters. The van der Waals surface area contributed by atoms with E-state index in [-0.39, 0.29) is 6.10 Å². The summed E-state index contributed by atoms with van der Waals surface area (Å²) in [5.41, 5.74) is 2.73. The fraction of sp³-hybridized carbons (Fsp3) is 0.647. The quantitative estimate of drug-likeness (QED) is 0.810. The number of benzene rings is 1. The van der Waals surface area contributed by atoms with Crippen molar-refractivity contribution in [1.29, 1.82) is 0 Å². The molecular formula is C17H25NO2. The number of aliphatic hydroxyl groups is 1. The number of nitrogens with one attached hydrogen (secondary N) is 1. The van der Waals surface area contributed by atoms with Crippen LogP contribution in [0.15, 0.2) is 18.2 Å². The maximum atomic E-state index is 9.94. The van der Waals surface area contributed by atoms with Gasteiger partial charge in [-0.05, 0) is 48.9 Å². The first kappa shape index (κ1) is 13.9. The van der Waals surface area contributed by atoms with Crippen LogP contribution in [0.1, 0.15) is 36.8 Å². The Morgan fingerprint density at radius 2 is 2.15 bits per heavy atom. The van der Waals surface area contributed by atoms with E-state index < -0.39 is 0 Å². The average molecular weight is 275 g/mol. The minimum Gasteiger partial charge on any atom is -0.493 e. The summed E-state index contributed by atoms with van der Waals surface area (Å²) in [6.45, 7) is 2.77. The zero-order valence-electron chi connectivity index (χ0n) is 12.1. The molecule has 1 saturated carbocycles. The number of hydrogen-bond donors (Lipinski definition) is 2. The van der Waals surface area contributed by atoms with Gasteiger partial charge in [-0.2, -0.15) is 0 Å². The van der Waals surface area contributed by atoms with Crippen LogP contribution in [0.25, 0.3) is 0 Å². The van der Waals surface area contributed by atoms with Gasteiger partial charge in [-0.1, -0.05) is 25.0 Å². The predicted molar refractivity (Wildman–Crippen MR) is 80.2 cm³/mol. The van der Waals surface area contributed by atoms with Crippen molar-refractivity contribution in [2.45, 2.75) is 44.6 Å². The minimum absolute atomic E-state index is 0.0895. The van der Waals surface area contributed by atoms with E-state index in [4.69, 9.17) is 4.74 Å². The second kappa shape index (κ2) is 6.59. The highest BCUT2D eigenvalue weighted by atomic mass is 16.5. The summed E-state index contributed by atoms with van der Waals surface area (Å²) in [6, 6.07) is 6.54. The average Bonchev–Trinajstić information content (AvgIpc) is 2.93. The molecular weight excluding hydrogens is 250 g/mol. The Labute approximate surface area is 121 Å². The van der Waals surface area contributed by atoms with Crippen LogP contribution in [0.4, 0.5) is 0 Å². The summed E-state index contributed by atoms with van der Waals surface area (Å²) in [5.74, 6) is 1.52. The van der Waals surface area contributed by atoms with Gasteiger partial charge in [-0.25, -0.2) is 0 Å². The van der Waals surface area contributed by atoms with Crippen molar-refractivity contribution in [1.82, 2.24) is 5.32 Å². The molecule has 20 heavy (non-hydrogen) atoms. The zero-order valence-corrected chi connectivity index (χ0v) is 12.1. The third-order valence-corrected chi connectivity index (χ3v) is 4.62. The van der Waals surface area contributed by atoms with Gasteiger partial charge in [0.15, 0.2) is 0 Å². The van der Waals surface area contributed by atoms with Crippen LogP contribution < -0.4 is 10.1 Å². The van der Waals surface area contributed by atoms with Gasteiger partial charge in [0, 0.05) is 13.0 Å². The summed E-state index contributed by atoms with van der Waals surface area (Å²) >= 11 is 0. The lowest BCUT2D eigenvalue weighted by atomic mass is 9.86. The van der Waals surface area contributed by atoms with Crippen molar-refractivity contribution in [3.05, 3.63) is 29.3 Å². The molecule has 1 aliphatic heterocycles. The van der Waals surface area contributed by atoms with Crippen LogP contribution >= 0.6 is 0 Å². The highest BCUT2D eigenvalue weighted by molar-refractivity contribution is 5.39. The van der Waals surface area contributed by atoms with Crippen LogP contribution in [0.2, 0.25) is 0 Å². The Morgan fingerprint density at radius 3 is 3.05 bits per heavy atom. The molecule has 0 amide bonds. The van der Waals surface area contributed by atoms with Gasteiger partial charge < -0.3 is 15.2 Å². The molecule has 1 aromatic rings. The molecule has 110 valence electrons. The highest BCUT2D eigenvalue weighted by Gasteiger charge is 2.22. The third-order valence-electron chi connectivity index (χ3n) is 4.62. The molecule has 3 heteroatoms. The molecule has 0 radical (unpaired) electrons. The smallest absolute Gasteiger partial charge is 0.122 e. The largest absolute Gasteiger partial charge is 0.493 e. The first-order valence-corrected chi connectivity index (χ1v) is 7.96. The molecule has 1 heterocycles. The van der Waals surface area contributed by atoms with Gasteiger partial charge in [0.25, 0.3) is 0 Å². The maximum absolute atomic E-state index is 9.94. The van der Waals surface area contributed by atoms with Gasteiger partial charge in [0.05, 0.1) is 12.7 Å². The van der Waals surface area contributed by atoms with Crippen LogP contribution in [0, 0.1) is 5.92 Å². The Hall–Kier alpha value is -1.06. The van der Waals surface area contributed by atoms with E-state index in [0.717, 1.165) is 44.7 Å². The van der Waals surface area contributed by atoms with Crippen molar-refractivity contribution >= 4 is 0 Å². The molecule has 0 spiro atoms. The number of fused-ring (bicyclic) bond motifs is 1. The maximum Gasteiger partial charge on any atom is 0.122 e. The number of aliphatic hydroxyl groups excluding tert-OH is 1. The lowest BCUT2D eigenvalue weighted by Crippen LogP contribution is -2.34. The molecule has 2 aliphatic rings. The third kappa shape index (κ3) is 3.33. The summed E-state index contributed by atoms with van der Waals surface area (Å²) in [6.07, 6.45) is 6.62. The molecule has 0 saturated heterocycles. The highest BCUT2D eigenvalue weighted by Crippen LogP contribution is 2.26. The normalized spacial score (nSPS) is 25.2. The Morgan fingerprint density at radius 1 is 1.25 bits per heavy atom. The second-order valence-electron chi connectivity index (χ2n) is 6.11. The van der Waals surface area contributed by atoms with E-state index >= 15 is 0 Å². The molecule has 3 nitrogen and oxygen atoms in total. The number of ether oxygens (including phenoxy) is 1. The summed E-state index contributed by atoms with van der Waals surface area (Å²) < 4.78 is 5.53.